The fourth-order valence-electron chi connectivity index (χ4n) is 2.65. The largest absolute Gasteiger partial charge is 0.481 e. The van der Waals surface area contributed by atoms with Crippen molar-refractivity contribution in [2.45, 2.75) is 32.2 Å². The zero-order chi connectivity index (χ0) is 14.2. The molecule has 1 fully saturated rings. The van der Waals surface area contributed by atoms with Gasteiger partial charge in [0.1, 0.15) is 5.82 Å². The molecule has 0 aromatic heterocycles. The second kappa shape index (κ2) is 6.10. The number of hydrogen-bond donors (Lipinski definition) is 1. The molecule has 1 N–H and O–H groups in total. The summed E-state index contributed by atoms with van der Waals surface area (Å²) < 4.78 is 13.0. The van der Waals surface area contributed by atoms with Crippen molar-refractivity contribution in [2.75, 3.05) is 13.1 Å². The first-order valence-electron chi connectivity index (χ1n) is 6.52. The van der Waals surface area contributed by atoms with Crippen molar-refractivity contribution >= 4 is 18.4 Å². The lowest BCUT2D eigenvalue weighted by Gasteiger charge is -2.31. The molecule has 20 heavy (non-hydrogen) atoms. The number of carboxylic acids is 1. The van der Waals surface area contributed by atoms with E-state index in [1.165, 1.54) is 12.1 Å². The summed E-state index contributed by atoms with van der Waals surface area (Å²) in [6.45, 7) is 7.49. The molecule has 0 aliphatic carbocycles. The van der Waals surface area contributed by atoms with Crippen LogP contribution in [0.25, 0.3) is 0 Å². The zero-order valence-corrected chi connectivity index (χ0v) is 12.8. The molecule has 5 heteroatoms. The summed E-state index contributed by atoms with van der Waals surface area (Å²) in [7, 11) is 0. The van der Waals surface area contributed by atoms with Crippen LogP contribution in [-0.2, 0) is 4.79 Å². The Hall–Kier alpha value is -1.13. The van der Waals surface area contributed by atoms with E-state index in [9.17, 15) is 14.3 Å². The van der Waals surface area contributed by atoms with Crippen LogP contribution in [0.3, 0.4) is 0 Å². The molecule has 0 bridgehead atoms. The van der Waals surface area contributed by atoms with Gasteiger partial charge in [0.25, 0.3) is 0 Å². The number of hydrogen-bond acceptors (Lipinski definition) is 2. The molecule has 1 aromatic rings. The molecular weight excluding hydrogens is 281 g/mol. The minimum Gasteiger partial charge on any atom is -0.481 e. The molecule has 0 saturated carbocycles. The van der Waals surface area contributed by atoms with Crippen molar-refractivity contribution in [3.8, 4) is 0 Å². The standard InChI is InChI=1S/C15H20FNO2.ClH/c1-15(2,3)17-8-12(13(9-17)14(18)19)10-4-6-11(16)7-5-10;/h4-7,12-13H,8-9H2,1-3H3,(H,18,19);1H/t12?,13-;/m0./s1. The van der Waals surface area contributed by atoms with Crippen molar-refractivity contribution < 1.29 is 14.3 Å². The van der Waals surface area contributed by atoms with E-state index in [2.05, 4.69) is 25.7 Å². The molecule has 0 radical (unpaired) electrons. The topological polar surface area (TPSA) is 40.5 Å². The Bertz CT molecular complexity index is 470. The van der Waals surface area contributed by atoms with Gasteiger partial charge in [-0.1, -0.05) is 12.1 Å². The highest BCUT2D eigenvalue weighted by molar-refractivity contribution is 5.85. The second-order valence-electron chi connectivity index (χ2n) is 6.18. The van der Waals surface area contributed by atoms with Gasteiger partial charge in [-0.15, -0.1) is 12.4 Å². The molecular formula is C15H21ClFNO2. The third-order valence-corrected chi connectivity index (χ3v) is 3.88. The van der Waals surface area contributed by atoms with Gasteiger partial charge in [-0.05, 0) is 38.5 Å². The van der Waals surface area contributed by atoms with Crippen molar-refractivity contribution in [1.29, 1.82) is 0 Å². The Morgan fingerprint density at radius 2 is 1.80 bits per heavy atom. The molecule has 112 valence electrons. The maximum Gasteiger partial charge on any atom is 0.308 e. The van der Waals surface area contributed by atoms with Crippen molar-refractivity contribution in [3.63, 3.8) is 0 Å². The molecule has 1 unspecified atom stereocenters. The SMILES string of the molecule is CC(C)(C)N1CC(c2ccc(F)cc2)[C@@H](C(=O)O)C1.Cl. The second-order valence-corrected chi connectivity index (χ2v) is 6.18. The minimum atomic E-state index is -0.777. The smallest absolute Gasteiger partial charge is 0.308 e. The summed E-state index contributed by atoms with van der Waals surface area (Å²) >= 11 is 0. The average molecular weight is 302 g/mol. The highest BCUT2D eigenvalue weighted by Crippen LogP contribution is 2.36. The molecule has 0 amide bonds. The summed E-state index contributed by atoms with van der Waals surface area (Å²) in [5, 5.41) is 9.38. The first-order chi connectivity index (χ1) is 8.79. The third-order valence-electron chi connectivity index (χ3n) is 3.88. The quantitative estimate of drug-likeness (QED) is 0.912. The van der Waals surface area contributed by atoms with Gasteiger partial charge >= 0.3 is 5.97 Å². The lowest BCUT2D eigenvalue weighted by atomic mass is 9.89. The number of nitrogens with zero attached hydrogens (tertiary/aromatic N) is 1. The summed E-state index contributed by atoms with van der Waals surface area (Å²) in [6, 6.07) is 6.19. The summed E-state index contributed by atoms with van der Waals surface area (Å²) in [5.41, 5.74) is 0.850. The molecule has 1 aromatic carbocycles. The van der Waals surface area contributed by atoms with Gasteiger partial charge in [-0.2, -0.15) is 0 Å². The number of rotatable bonds is 2. The van der Waals surface area contributed by atoms with Crippen LogP contribution in [0.5, 0.6) is 0 Å². The molecule has 0 spiro atoms. The van der Waals surface area contributed by atoms with E-state index in [0.717, 1.165) is 5.56 Å². The van der Waals surface area contributed by atoms with Crippen molar-refractivity contribution in [1.82, 2.24) is 4.90 Å². The Labute approximate surface area is 125 Å². The molecule has 1 aliphatic rings. The summed E-state index contributed by atoms with van der Waals surface area (Å²) in [5.74, 6) is -1.57. The van der Waals surface area contributed by atoms with E-state index >= 15 is 0 Å². The normalized spacial score (nSPS) is 23.4. The van der Waals surface area contributed by atoms with Crippen LogP contribution < -0.4 is 0 Å². The van der Waals surface area contributed by atoms with E-state index in [4.69, 9.17) is 0 Å². The molecule has 1 saturated heterocycles. The predicted octanol–water partition coefficient (Wildman–Crippen LogP) is 3.15. The Kier molecular flexibility index (Phi) is 5.16. The van der Waals surface area contributed by atoms with Gasteiger partial charge in [0.05, 0.1) is 5.92 Å². The molecule has 3 nitrogen and oxygen atoms in total. The monoisotopic (exact) mass is 301 g/mol. The van der Waals surface area contributed by atoms with E-state index < -0.39 is 11.9 Å². The molecule has 1 aliphatic heterocycles. The molecule has 2 atom stereocenters. The van der Waals surface area contributed by atoms with Gasteiger partial charge in [-0.3, -0.25) is 9.69 Å². The fraction of sp³-hybridized carbons (Fsp3) is 0.533. The maximum atomic E-state index is 13.0. The number of carboxylic acid groups (broad SMARTS) is 1. The van der Waals surface area contributed by atoms with Crippen LogP contribution in [0.1, 0.15) is 32.3 Å². The Balaban J connectivity index is 0.00000200. The van der Waals surface area contributed by atoms with Crippen LogP contribution in [0, 0.1) is 11.7 Å². The van der Waals surface area contributed by atoms with Gasteiger partial charge < -0.3 is 5.11 Å². The van der Waals surface area contributed by atoms with Gasteiger partial charge in [-0.25, -0.2) is 4.39 Å². The lowest BCUT2D eigenvalue weighted by Crippen LogP contribution is -2.40. The zero-order valence-electron chi connectivity index (χ0n) is 12.0. The van der Waals surface area contributed by atoms with Crippen LogP contribution in [0.15, 0.2) is 24.3 Å². The fourth-order valence-corrected chi connectivity index (χ4v) is 2.65. The number of halogens is 2. The maximum absolute atomic E-state index is 13.0. The van der Waals surface area contributed by atoms with Crippen molar-refractivity contribution in [2.24, 2.45) is 5.92 Å². The van der Waals surface area contributed by atoms with Crippen molar-refractivity contribution in [3.05, 3.63) is 35.6 Å². The highest BCUT2D eigenvalue weighted by atomic mass is 35.5. The average Bonchev–Trinajstić information content (AvgIpc) is 2.74. The lowest BCUT2D eigenvalue weighted by molar-refractivity contribution is -0.141. The van der Waals surface area contributed by atoms with Crippen LogP contribution in [0.2, 0.25) is 0 Å². The molecule has 1 heterocycles. The van der Waals surface area contributed by atoms with Crippen LogP contribution in [-0.4, -0.2) is 34.6 Å². The summed E-state index contributed by atoms with van der Waals surface area (Å²) in [4.78, 5) is 13.6. The first-order valence-corrected chi connectivity index (χ1v) is 6.52. The number of likely N-dealkylation sites (tertiary alicyclic amines) is 1. The van der Waals surface area contributed by atoms with E-state index in [0.29, 0.717) is 13.1 Å². The Morgan fingerprint density at radius 3 is 2.25 bits per heavy atom. The van der Waals surface area contributed by atoms with Gasteiger partial charge in [0.2, 0.25) is 0 Å². The van der Waals surface area contributed by atoms with E-state index in [-0.39, 0.29) is 29.7 Å². The number of carbonyl (C=O) groups is 1. The van der Waals surface area contributed by atoms with Gasteiger partial charge in [0, 0.05) is 24.5 Å². The third kappa shape index (κ3) is 3.49. The minimum absolute atomic E-state index is 0. The first kappa shape index (κ1) is 16.9. The summed E-state index contributed by atoms with van der Waals surface area (Å²) in [6.07, 6.45) is 0. The molecule has 2 rings (SSSR count). The van der Waals surface area contributed by atoms with Crippen LogP contribution >= 0.6 is 12.4 Å². The number of benzene rings is 1. The predicted molar refractivity (Wildman–Crippen MR) is 78.8 cm³/mol. The Morgan fingerprint density at radius 1 is 1.25 bits per heavy atom. The van der Waals surface area contributed by atoms with E-state index in [1.807, 2.05) is 0 Å². The highest BCUT2D eigenvalue weighted by Gasteiger charge is 2.41. The van der Waals surface area contributed by atoms with Gasteiger partial charge in [0.15, 0.2) is 0 Å². The number of aliphatic carboxylic acids is 1. The van der Waals surface area contributed by atoms with E-state index in [1.54, 1.807) is 12.1 Å². The van der Waals surface area contributed by atoms with Crippen LogP contribution in [0.4, 0.5) is 4.39 Å².